The van der Waals surface area contributed by atoms with E-state index in [0.29, 0.717) is 6.04 Å². The summed E-state index contributed by atoms with van der Waals surface area (Å²) in [5, 5.41) is 17.9. The highest BCUT2D eigenvalue weighted by Crippen LogP contribution is 2.39. The molecule has 1 aromatic heterocycles. The van der Waals surface area contributed by atoms with Crippen molar-refractivity contribution in [2.24, 2.45) is 0 Å². The van der Waals surface area contributed by atoms with Gasteiger partial charge in [0.05, 0.1) is 11.5 Å². The molecule has 1 N–H and O–H groups in total. The SMILES string of the molecule is O=C(O)CSc1nnc(CSc2ccccc2)n1C1CC1. The first kappa shape index (κ1) is 14.5. The quantitative estimate of drug-likeness (QED) is 0.790. The van der Waals surface area contributed by atoms with Gasteiger partial charge in [0.25, 0.3) is 0 Å². The molecule has 21 heavy (non-hydrogen) atoms. The molecule has 0 radical (unpaired) electrons. The summed E-state index contributed by atoms with van der Waals surface area (Å²) in [5.41, 5.74) is 0. The first-order valence-electron chi connectivity index (χ1n) is 6.70. The number of aliphatic carboxylic acids is 1. The highest BCUT2D eigenvalue weighted by Gasteiger charge is 2.29. The van der Waals surface area contributed by atoms with E-state index in [0.717, 1.165) is 29.6 Å². The van der Waals surface area contributed by atoms with Gasteiger partial charge in [-0.3, -0.25) is 4.79 Å². The summed E-state index contributed by atoms with van der Waals surface area (Å²) in [6.45, 7) is 0. The molecule has 0 aliphatic heterocycles. The van der Waals surface area contributed by atoms with Crippen LogP contribution in [0.4, 0.5) is 0 Å². The van der Waals surface area contributed by atoms with Gasteiger partial charge in [-0.1, -0.05) is 30.0 Å². The van der Waals surface area contributed by atoms with Crippen LogP contribution in [0.1, 0.15) is 24.7 Å². The number of benzene rings is 1. The highest BCUT2D eigenvalue weighted by molar-refractivity contribution is 7.99. The van der Waals surface area contributed by atoms with Crippen LogP contribution in [0.15, 0.2) is 40.4 Å². The standard InChI is InChI=1S/C14H15N3O2S2/c18-13(19)9-21-14-16-15-12(17(14)10-6-7-10)8-20-11-4-2-1-3-5-11/h1-5,10H,6-9H2,(H,18,19). The van der Waals surface area contributed by atoms with Crippen molar-refractivity contribution in [2.45, 2.75) is 34.7 Å². The summed E-state index contributed by atoms with van der Waals surface area (Å²) in [4.78, 5) is 11.9. The number of rotatable bonds is 7. The van der Waals surface area contributed by atoms with Crippen LogP contribution >= 0.6 is 23.5 Å². The second-order valence-corrected chi connectivity index (χ2v) is 6.78. The Hall–Kier alpha value is -1.47. The van der Waals surface area contributed by atoms with Crippen molar-refractivity contribution in [3.63, 3.8) is 0 Å². The number of hydrogen-bond donors (Lipinski definition) is 1. The van der Waals surface area contributed by atoms with Crippen LogP contribution in [0.5, 0.6) is 0 Å². The first-order chi connectivity index (χ1) is 10.2. The maximum atomic E-state index is 10.7. The molecular weight excluding hydrogens is 306 g/mol. The molecule has 110 valence electrons. The lowest BCUT2D eigenvalue weighted by molar-refractivity contribution is -0.133. The summed E-state index contributed by atoms with van der Waals surface area (Å²) in [6.07, 6.45) is 2.25. The van der Waals surface area contributed by atoms with Crippen molar-refractivity contribution in [3.8, 4) is 0 Å². The molecule has 0 bridgehead atoms. The second-order valence-electron chi connectivity index (χ2n) is 4.78. The van der Waals surface area contributed by atoms with Gasteiger partial charge in [-0.2, -0.15) is 0 Å². The van der Waals surface area contributed by atoms with Gasteiger partial charge in [-0.25, -0.2) is 0 Å². The van der Waals surface area contributed by atoms with E-state index in [-0.39, 0.29) is 5.75 Å². The van der Waals surface area contributed by atoms with E-state index in [2.05, 4.69) is 26.9 Å². The molecule has 3 rings (SSSR count). The maximum absolute atomic E-state index is 10.7. The fourth-order valence-electron chi connectivity index (χ4n) is 1.99. The molecule has 0 unspecified atom stereocenters. The molecule has 0 saturated heterocycles. The Labute approximate surface area is 131 Å². The predicted molar refractivity (Wildman–Crippen MR) is 82.7 cm³/mol. The second kappa shape index (κ2) is 6.53. The molecule has 1 heterocycles. The molecule has 2 aromatic rings. The van der Waals surface area contributed by atoms with E-state index in [9.17, 15) is 4.79 Å². The van der Waals surface area contributed by atoms with Crippen LogP contribution in [0.2, 0.25) is 0 Å². The molecular formula is C14H15N3O2S2. The van der Waals surface area contributed by atoms with E-state index < -0.39 is 5.97 Å². The monoisotopic (exact) mass is 321 g/mol. The largest absolute Gasteiger partial charge is 0.481 e. The van der Waals surface area contributed by atoms with E-state index >= 15 is 0 Å². The number of thioether (sulfide) groups is 2. The summed E-state index contributed by atoms with van der Waals surface area (Å²) in [6, 6.07) is 10.6. The molecule has 1 aliphatic carbocycles. The van der Waals surface area contributed by atoms with Crippen LogP contribution in [0.25, 0.3) is 0 Å². The highest BCUT2D eigenvalue weighted by atomic mass is 32.2. The van der Waals surface area contributed by atoms with Crippen molar-refractivity contribution in [3.05, 3.63) is 36.2 Å². The fraction of sp³-hybridized carbons (Fsp3) is 0.357. The minimum absolute atomic E-state index is 0.0245. The molecule has 1 aliphatic rings. The van der Waals surface area contributed by atoms with Crippen LogP contribution in [-0.2, 0) is 10.5 Å². The van der Waals surface area contributed by atoms with E-state index in [1.807, 2.05) is 18.2 Å². The third-order valence-corrected chi connectivity index (χ3v) is 5.02. The Balaban J connectivity index is 1.71. The molecule has 1 fully saturated rings. The van der Waals surface area contributed by atoms with Crippen LogP contribution in [0.3, 0.4) is 0 Å². The summed E-state index contributed by atoms with van der Waals surface area (Å²) in [5.74, 6) is 0.877. The number of carbonyl (C=O) groups is 1. The molecule has 0 amide bonds. The zero-order chi connectivity index (χ0) is 14.7. The van der Waals surface area contributed by atoms with Gasteiger partial charge < -0.3 is 9.67 Å². The van der Waals surface area contributed by atoms with Crippen molar-refractivity contribution in [2.75, 3.05) is 5.75 Å². The van der Waals surface area contributed by atoms with Crippen LogP contribution in [0, 0.1) is 0 Å². The number of nitrogens with zero attached hydrogens (tertiary/aromatic N) is 3. The number of carboxylic acids is 1. The zero-order valence-corrected chi connectivity index (χ0v) is 12.9. The predicted octanol–water partition coefficient (Wildman–Crippen LogP) is 3.08. The van der Waals surface area contributed by atoms with Gasteiger partial charge in [-0.05, 0) is 25.0 Å². The van der Waals surface area contributed by atoms with Crippen molar-refractivity contribution >= 4 is 29.5 Å². The van der Waals surface area contributed by atoms with Crippen LogP contribution < -0.4 is 0 Å². The van der Waals surface area contributed by atoms with Crippen molar-refractivity contribution < 1.29 is 9.90 Å². The lowest BCUT2D eigenvalue weighted by atomic mass is 10.4. The molecule has 1 aromatic carbocycles. The third kappa shape index (κ3) is 3.79. The molecule has 0 spiro atoms. The Morgan fingerprint density at radius 1 is 1.24 bits per heavy atom. The van der Waals surface area contributed by atoms with Gasteiger partial charge in [0.1, 0.15) is 5.82 Å². The van der Waals surface area contributed by atoms with Gasteiger partial charge in [0.15, 0.2) is 5.16 Å². The third-order valence-electron chi connectivity index (χ3n) is 3.08. The molecule has 5 nitrogen and oxygen atoms in total. The average Bonchev–Trinajstić information content (AvgIpc) is 3.25. The molecule has 1 saturated carbocycles. The number of hydrogen-bond acceptors (Lipinski definition) is 5. The summed E-state index contributed by atoms with van der Waals surface area (Å²) < 4.78 is 2.11. The normalized spacial score (nSPS) is 14.3. The lowest BCUT2D eigenvalue weighted by Crippen LogP contribution is -2.04. The topological polar surface area (TPSA) is 68.0 Å². The Morgan fingerprint density at radius 3 is 2.67 bits per heavy atom. The summed E-state index contributed by atoms with van der Waals surface area (Å²) in [7, 11) is 0. The van der Waals surface area contributed by atoms with Gasteiger partial charge >= 0.3 is 5.97 Å². The van der Waals surface area contributed by atoms with Gasteiger partial charge in [0, 0.05) is 10.9 Å². The number of aromatic nitrogens is 3. The first-order valence-corrected chi connectivity index (χ1v) is 8.67. The molecule has 7 heteroatoms. The maximum Gasteiger partial charge on any atom is 0.313 e. The van der Waals surface area contributed by atoms with Gasteiger partial charge in [0.2, 0.25) is 0 Å². The smallest absolute Gasteiger partial charge is 0.313 e. The average molecular weight is 321 g/mol. The zero-order valence-electron chi connectivity index (χ0n) is 11.3. The summed E-state index contributed by atoms with van der Waals surface area (Å²) >= 11 is 2.97. The Bertz CT molecular complexity index is 626. The fourth-order valence-corrected chi connectivity index (χ4v) is 3.58. The Morgan fingerprint density at radius 2 is 2.00 bits per heavy atom. The van der Waals surface area contributed by atoms with Crippen molar-refractivity contribution in [1.82, 2.24) is 14.8 Å². The lowest BCUT2D eigenvalue weighted by Gasteiger charge is -2.07. The number of carboxylic acid groups (broad SMARTS) is 1. The van der Waals surface area contributed by atoms with Gasteiger partial charge in [-0.15, -0.1) is 22.0 Å². The van der Waals surface area contributed by atoms with Crippen molar-refractivity contribution in [1.29, 1.82) is 0 Å². The minimum Gasteiger partial charge on any atom is -0.481 e. The van der Waals surface area contributed by atoms with Crippen LogP contribution in [-0.4, -0.2) is 31.6 Å². The van der Waals surface area contributed by atoms with E-state index in [4.69, 9.17) is 5.11 Å². The Kier molecular flexibility index (Phi) is 4.50. The minimum atomic E-state index is -0.828. The van der Waals surface area contributed by atoms with E-state index in [1.165, 1.54) is 16.7 Å². The van der Waals surface area contributed by atoms with E-state index in [1.54, 1.807) is 11.8 Å². The molecule has 0 atom stereocenters.